The fraction of sp³-hybridized carbons (Fsp3) is 0.564. The van der Waals surface area contributed by atoms with Gasteiger partial charge in [0.25, 0.3) is 0 Å². The van der Waals surface area contributed by atoms with Crippen molar-refractivity contribution >= 4 is 76.9 Å². The Balaban J connectivity index is 0.00000817. The normalized spacial score (nSPS) is 21.7. The molecule has 8 bridgehead atoms. The number of Topliss-reactive ketones (excluding diaryl/α,β-unsaturated/α-hetero) is 1. The van der Waals surface area contributed by atoms with Gasteiger partial charge in [-0.15, -0.1) is 33.5 Å². The molecule has 11 heteroatoms. The molecule has 5 heterocycles. The predicted octanol–water partition coefficient (Wildman–Crippen LogP) is 9.95. The van der Waals surface area contributed by atoms with E-state index in [1.54, 1.807) is 6.08 Å². The van der Waals surface area contributed by atoms with Crippen LogP contribution in [-0.4, -0.2) is 60.8 Å². The van der Waals surface area contributed by atoms with E-state index in [1.165, 1.54) is 58.5 Å². The van der Waals surface area contributed by atoms with Crippen LogP contribution in [0.4, 0.5) is 0 Å². The predicted molar refractivity (Wildman–Crippen MR) is 265 cm³/mol. The van der Waals surface area contributed by atoms with Crippen molar-refractivity contribution in [3.63, 3.8) is 0 Å². The van der Waals surface area contributed by atoms with Crippen LogP contribution in [0.1, 0.15) is 191 Å². The van der Waals surface area contributed by atoms with Crippen molar-refractivity contribution in [3.05, 3.63) is 90.1 Å². The van der Waals surface area contributed by atoms with Crippen LogP contribution in [0.15, 0.2) is 18.0 Å². The van der Waals surface area contributed by atoms with Crippen LogP contribution >= 0.6 is 0 Å². The molecule has 6 unspecified atom stereocenters. The fourth-order valence-corrected chi connectivity index (χ4v) is 10.3. The Morgan fingerprint density at radius 3 is 2.00 bits per heavy atom. The maximum Gasteiger partial charge on any atom is 2.00 e. The van der Waals surface area contributed by atoms with E-state index in [2.05, 4.69) is 48.1 Å². The van der Waals surface area contributed by atoms with E-state index >= 15 is 0 Å². The molecular weight excluding hydrogens is 837 g/mol. The molecule has 3 aromatic rings. The number of carbonyl (C=O) groups excluding carboxylic acids is 4. The summed E-state index contributed by atoms with van der Waals surface area (Å²) in [6.45, 7) is 23.9. The Kier molecular flexibility index (Phi) is 18.8. The van der Waals surface area contributed by atoms with E-state index in [0.717, 1.165) is 53.6 Å². The zero-order chi connectivity index (χ0) is 47.1. The number of carbonyl (C=O) groups is 4. The van der Waals surface area contributed by atoms with Gasteiger partial charge in [0.1, 0.15) is 12.2 Å². The summed E-state index contributed by atoms with van der Waals surface area (Å²) in [6, 6.07) is 0. The molecule has 3 aromatic heterocycles. The number of rotatable bonds is 22. The van der Waals surface area contributed by atoms with Crippen LogP contribution in [0.25, 0.3) is 35.2 Å². The van der Waals surface area contributed by atoms with E-state index in [4.69, 9.17) is 29.7 Å². The minimum atomic E-state index is -1.26. The Labute approximate surface area is 409 Å². The quantitative estimate of drug-likeness (QED) is 0.0417. The molecule has 0 N–H and O–H groups in total. The van der Waals surface area contributed by atoms with Crippen LogP contribution in [0.3, 0.4) is 0 Å². The molecule has 0 aromatic carbocycles. The Bertz CT molecular complexity index is 2440. The van der Waals surface area contributed by atoms with Gasteiger partial charge >= 0.3 is 35.0 Å². The third kappa shape index (κ3) is 11.7. The third-order valence-corrected chi connectivity index (χ3v) is 14.4. The zero-order valence-electron chi connectivity index (χ0n) is 41.5. The first kappa shape index (κ1) is 52.6. The van der Waals surface area contributed by atoms with Crippen molar-refractivity contribution in [1.29, 1.82) is 0 Å². The molecule has 1 saturated heterocycles. The van der Waals surface area contributed by atoms with Gasteiger partial charge in [-0.25, -0.2) is 0 Å². The average molecular weight is 910 g/mol. The van der Waals surface area contributed by atoms with E-state index in [1.807, 2.05) is 39.0 Å². The average Bonchev–Trinajstić information content (AvgIpc) is 4.02. The number of hydrogen-bond donors (Lipinski definition) is 0. The standard InChI is InChI=1S/C55H73N4O6.Mg/c1-12-38-35(8)42-27-43-36(9)40(23-24-48(61)65-26-25-34(7)22-16-21-33(6)20-15-19-32(5)18-14-17-31(3)4)52(58-43)50-51(55(63)64-11)54(62)49-37(10)44(59-53(49)50)28-46-39(13-2)41(30-60)47(57-46)29-45(38)56-42;/h12,27-34,36,40,51H,1,13-26H2,2-11H3,(H-,58,59,60,62);/q-3;+2/p-1/b43-27-,47-29-;. The number of esters is 2. The van der Waals surface area contributed by atoms with Gasteiger partial charge in [0, 0.05) is 17.5 Å². The van der Waals surface area contributed by atoms with Gasteiger partial charge in [0.2, 0.25) is 0 Å². The molecule has 0 spiro atoms. The summed E-state index contributed by atoms with van der Waals surface area (Å²) in [4.78, 5) is 68.9. The molecule has 6 atom stereocenters. The summed E-state index contributed by atoms with van der Waals surface area (Å²) in [5, 5.41) is 6.27. The maximum absolute atomic E-state index is 14.4. The van der Waals surface area contributed by atoms with Crippen LogP contribution in [0.5, 0.6) is 0 Å². The van der Waals surface area contributed by atoms with Crippen LogP contribution in [0.2, 0.25) is 0 Å². The van der Waals surface area contributed by atoms with Crippen molar-refractivity contribution in [2.45, 2.75) is 146 Å². The monoisotopic (exact) mass is 909 g/mol. The fourth-order valence-electron chi connectivity index (χ4n) is 10.3. The summed E-state index contributed by atoms with van der Waals surface area (Å²) >= 11 is 0. The Morgan fingerprint density at radius 2 is 1.41 bits per heavy atom. The van der Waals surface area contributed by atoms with Gasteiger partial charge in [0.15, 0.2) is 5.78 Å². The van der Waals surface area contributed by atoms with Gasteiger partial charge < -0.3 is 29.7 Å². The third-order valence-electron chi connectivity index (χ3n) is 14.4. The molecule has 352 valence electrons. The number of methoxy groups -OCH3 is 1. The molecule has 6 rings (SSSR count). The van der Waals surface area contributed by atoms with Gasteiger partial charge in [-0.3, -0.25) is 19.2 Å². The summed E-state index contributed by atoms with van der Waals surface area (Å²) in [6.07, 6.45) is 21.5. The number of ketones is 1. The summed E-state index contributed by atoms with van der Waals surface area (Å²) in [7, 11) is 1.28. The van der Waals surface area contributed by atoms with Crippen molar-refractivity contribution < 1.29 is 28.7 Å². The summed E-state index contributed by atoms with van der Waals surface area (Å²) in [5.74, 6) is -0.395. The molecule has 0 saturated carbocycles. The largest absolute Gasteiger partial charge is 2.00 e. The van der Waals surface area contributed by atoms with E-state index in [-0.39, 0.29) is 47.3 Å². The smallest absolute Gasteiger partial charge is 0.664 e. The molecule has 10 nitrogen and oxygen atoms in total. The number of allylic oxidation sites excluding steroid dienone is 2. The minimum Gasteiger partial charge on any atom is -0.664 e. The van der Waals surface area contributed by atoms with Crippen molar-refractivity contribution in [3.8, 4) is 0 Å². The Hall–Kier alpha value is -4.35. The molecule has 1 aliphatic carbocycles. The van der Waals surface area contributed by atoms with Crippen molar-refractivity contribution in [2.24, 2.45) is 41.4 Å². The number of aldehydes is 1. The molecule has 66 heavy (non-hydrogen) atoms. The second kappa shape index (κ2) is 23.6. The van der Waals surface area contributed by atoms with E-state index in [9.17, 15) is 19.2 Å². The summed E-state index contributed by atoms with van der Waals surface area (Å²) in [5.41, 5.74) is 7.73. The maximum atomic E-state index is 14.4. The second-order valence-electron chi connectivity index (χ2n) is 19.8. The molecule has 0 amide bonds. The first-order chi connectivity index (χ1) is 31.1. The van der Waals surface area contributed by atoms with E-state index in [0.29, 0.717) is 92.5 Å². The molecule has 0 radical (unpaired) electrons. The van der Waals surface area contributed by atoms with Gasteiger partial charge in [-0.05, 0) is 74.2 Å². The molecular formula is C55H72MgN4O6-2. The summed E-state index contributed by atoms with van der Waals surface area (Å²) < 4.78 is 11.1. The zero-order valence-corrected chi connectivity index (χ0v) is 42.9. The first-order valence-corrected chi connectivity index (χ1v) is 24.4. The second-order valence-corrected chi connectivity index (χ2v) is 19.8. The molecule has 2 aliphatic heterocycles. The number of nitrogens with zero attached hydrogens (tertiary/aromatic N) is 4. The topological polar surface area (TPSA) is 143 Å². The van der Waals surface area contributed by atoms with Gasteiger partial charge in [-0.1, -0.05) is 159 Å². The van der Waals surface area contributed by atoms with Gasteiger partial charge in [0.05, 0.1) is 13.7 Å². The number of fused-ring (bicyclic) bond motifs is 7. The van der Waals surface area contributed by atoms with Crippen molar-refractivity contribution in [1.82, 2.24) is 15.0 Å². The van der Waals surface area contributed by atoms with Crippen LogP contribution in [0, 0.1) is 55.3 Å². The molecule has 1 fully saturated rings. The minimum absolute atomic E-state index is 0. The number of hydrogen-bond acceptors (Lipinski definition) is 6. The van der Waals surface area contributed by atoms with Gasteiger partial charge in [-0.2, -0.15) is 11.4 Å². The molecule has 3 aliphatic rings. The van der Waals surface area contributed by atoms with Crippen LogP contribution in [-0.2, 0) is 25.5 Å². The number of aromatic nitrogens is 3. The van der Waals surface area contributed by atoms with Crippen molar-refractivity contribution in [2.75, 3.05) is 13.7 Å². The van der Waals surface area contributed by atoms with Crippen LogP contribution < -0.4 is 25.7 Å². The first-order valence-electron chi connectivity index (χ1n) is 24.4. The SMILES string of the molecule is C=Cc1c2[n-]c(c1C)/C=C1\[N-]/C(=C3\c4[n-]c(c(C)c4C(=O)C3C(=O)OC)/C=c3\[n-]/c(c(C=O)c3CC)=C\2)C(CCC(=O)OCCC(C)CCCC(C)CCCC(C)CCCC(C)C)C1C.[Mg+2]. The number of ether oxygens (including phenoxy) is 2. The Morgan fingerprint density at radius 1 is 0.803 bits per heavy atom. The van der Waals surface area contributed by atoms with E-state index < -0.39 is 17.7 Å².